The van der Waals surface area contributed by atoms with Gasteiger partial charge in [0.2, 0.25) is 0 Å². The van der Waals surface area contributed by atoms with Gasteiger partial charge in [0.1, 0.15) is 0 Å². The number of nitrogens with one attached hydrogen (secondary N) is 1. The Balaban J connectivity index is 2.43. The first kappa shape index (κ1) is 12.6. The maximum Gasteiger partial charge on any atom is 0.0360 e. The molecule has 0 aliphatic rings. The van der Waals surface area contributed by atoms with Crippen LogP contribution >= 0.6 is 11.3 Å². The molecule has 1 N–H and O–H groups in total. The third-order valence-electron chi connectivity index (χ3n) is 3.73. The topological polar surface area (TPSA) is 12.0 Å². The molecule has 2 unspecified atom stereocenters. The molecule has 2 rings (SSSR count). The predicted octanol–water partition coefficient (Wildman–Crippen LogP) is 4.45. The normalized spacial score (nSPS) is 15.4. The van der Waals surface area contributed by atoms with E-state index < -0.39 is 0 Å². The van der Waals surface area contributed by atoms with Crippen LogP contribution in [0.4, 0.5) is 0 Å². The van der Waals surface area contributed by atoms with E-state index in [1.165, 1.54) is 15.6 Å². The molecule has 0 saturated carbocycles. The first-order chi connectivity index (χ1) is 8.15. The van der Waals surface area contributed by atoms with E-state index in [1.807, 2.05) is 11.3 Å². The van der Waals surface area contributed by atoms with Crippen LogP contribution in [-0.4, -0.2) is 7.05 Å². The lowest BCUT2D eigenvalue weighted by Gasteiger charge is -2.26. The molecule has 2 heteroatoms. The van der Waals surface area contributed by atoms with Crippen molar-refractivity contribution in [2.45, 2.75) is 26.8 Å². The monoisotopic (exact) mass is 247 g/mol. The Labute approximate surface area is 108 Å². The molecule has 92 valence electrons. The van der Waals surface area contributed by atoms with Gasteiger partial charge in [-0.1, -0.05) is 39.0 Å². The molecule has 0 spiro atoms. The van der Waals surface area contributed by atoms with Crippen molar-refractivity contribution < 1.29 is 0 Å². The van der Waals surface area contributed by atoms with Crippen molar-refractivity contribution >= 4 is 21.4 Å². The van der Waals surface area contributed by atoms with Gasteiger partial charge in [0.25, 0.3) is 0 Å². The highest BCUT2D eigenvalue weighted by Crippen LogP contribution is 2.35. The molecule has 1 aromatic heterocycles. The van der Waals surface area contributed by atoms with Crippen LogP contribution in [0.5, 0.6) is 0 Å². The lowest BCUT2D eigenvalue weighted by molar-refractivity contribution is 0.319. The van der Waals surface area contributed by atoms with E-state index in [1.54, 1.807) is 0 Å². The van der Waals surface area contributed by atoms with Crippen LogP contribution in [0.15, 0.2) is 29.6 Å². The smallest absolute Gasteiger partial charge is 0.0360 e. The second-order valence-corrected chi connectivity index (χ2v) is 5.97. The quantitative estimate of drug-likeness (QED) is 0.841. The molecule has 1 heterocycles. The van der Waals surface area contributed by atoms with E-state index in [4.69, 9.17) is 0 Å². The summed E-state index contributed by atoms with van der Waals surface area (Å²) in [5.74, 6) is 1.32. The Hall–Kier alpha value is -0.860. The second-order valence-electron chi connectivity index (χ2n) is 5.06. The third-order valence-corrected chi connectivity index (χ3v) is 4.72. The number of benzene rings is 1. The maximum atomic E-state index is 3.48. The molecule has 0 saturated heterocycles. The van der Waals surface area contributed by atoms with Crippen molar-refractivity contribution in [1.29, 1.82) is 0 Å². The van der Waals surface area contributed by atoms with Gasteiger partial charge in [-0.15, -0.1) is 11.3 Å². The fourth-order valence-electron chi connectivity index (χ4n) is 2.33. The first-order valence-corrected chi connectivity index (χ1v) is 7.16. The third kappa shape index (κ3) is 2.38. The predicted molar refractivity (Wildman–Crippen MR) is 77.6 cm³/mol. The summed E-state index contributed by atoms with van der Waals surface area (Å²) >= 11 is 1.85. The van der Waals surface area contributed by atoms with Gasteiger partial charge in [-0.25, -0.2) is 0 Å². The van der Waals surface area contributed by atoms with Crippen LogP contribution in [-0.2, 0) is 0 Å². The second kappa shape index (κ2) is 5.19. The van der Waals surface area contributed by atoms with Gasteiger partial charge in [0.05, 0.1) is 0 Å². The van der Waals surface area contributed by atoms with Gasteiger partial charge in [-0.3, -0.25) is 0 Å². The van der Waals surface area contributed by atoms with E-state index in [0.717, 1.165) is 0 Å². The zero-order valence-corrected chi connectivity index (χ0v) is 11.8. The largest absolute Gasteiger partial charge is 0.313 e. The average molecular weight is 247 g/mol. The van der Waals surface area contributed by atoms with Crippen LogP contribution in [0.3, 0.4) is 0 Å². The fourth-order valence-corrected chi connectivity index (χ4v) is 3.32. The van der Waals surface area contributed by atoms with Crippen LogP contribution in [0.2, 0.25) is 0 Å². The Morgan fingerprint density at radius 1 is 1.12 bits per heavy atom. The fraction of sp³-hybridized carbons (Fsp3) is 0.467. The summed E-state index contributed by atoms with van der Waals surface area (Å²) in [6.45, 7) is 6.92. The van der Waals surface area contributed by atoms with Crippen molar-refractivity contribution in [3.8, 4) is 0 Å². The Bertz CT molecular complexity index is 486. The number of thiophene rings is 1. The molecule has 2 aromatic rings. The van der Waals surface area contributed by atoms with Gasteiger partial charge < -0.3 is 5.32 Å². The molecule has 0 radical (unpaired) electrons. The summed E-state index contributed by atoms with van der Waals surface area (Å²) in [4.78, 5) is 0. The number of rotatable bonds is 4. The van der Waals surface area contributed by atoms with Crippen molar-refractivity contribution in [2.75, 3.05) is 7.05 Å². The summed E-state index contributed by atoms with van der Waals surface area (Å²) in [5, 5.41) is 7.20. The van der Waals surface area contributed by atoms with Gasteiger partial charge in [-0.05, 0) is 41.3 Å². The molecule has 1 aromatic carbocycles. The minimum atomic E-state index is 0.450. The highest BCUT2D eigenvalue weighted by Gasteiger charge is 2.22. The van der Waals surface area contributed by atoms with Crippen LogP contribution in [0.25, 0.3) is 10.1 Å². The molecule has 17 heavy (non-hydrogen) atoms. The number of fused-ring (bicyclic) bond motifs is 1. The van der Waals surface area contributed by atoms with Crippen molar-refractivity contribution in [2.24, 2.45) is 11.8 Å². The molecule has 1 nitrogen and oxygen atoms in total. The molecule has 2 atom stereocenters. The Morgan fingerprint density at radius 2 is 1.82 bits per heavy atom. The molecule has 0 amide bonds. The highest BCUT2D eigenvalue weighted by atomic mass is 32.1. The standard InChI is InChI=1S/C15H21NS/c1-10(2)11(3)15(16-4)13-9-17-14-8-6-5-7-12(13)14/h5-11,15-16H,1-4H3. The van der Waals surface area contributed by atoms with Gasteiger partial charge in [0.15, 0.2) is 0 Å². The minimum Gasteiger partial charge on any atom is -0.313 e. The minimum absolute atomic E-state index is 0.450. The van der Waals surface area contributed by atoms with E-state index in [9.17, 15) is 0 Å². The van der Waals surface area contributed by atoms with Crippen LogP contribution < -0.4 is 5.32 Å². The summed E-state index contributed by atoms with van der Waals surface area (Å²) in [6, 6.07) is 9.13. The Kier molecular flexibility index (Phi) is 3.85. The SMILES string of the molecule is CNC(c1csc2ccccc12)C(C)C(C)C. The van der Waals surface area contributed by atoms with Gasteiger partial charge in [-0.2, -0.15) is 0 Å². The van der Waals surface area contributed by atoms with Crippen LogP contribution in [0, 0.1) is 11.8 Å². The van der Waals surface area contributed by atoms with E-state index >= 15 is 0 Å². The van der Waals surface area contributed by atoms with Crippen LogP contribution in [0.1, 0.15) is 32.4 Å². The maximum absolute atomic E-state index is 3.48. The van der Waals surface area contributed by atoms with E-state index in [-0.39, 0.29) is 0 Å². The van der Waals surface area contributed by atoms with Crippen molar-refractivity contribution in [1.82, 2.24) is 5.32 Å². The molecule has 0 aliphatic heterocycles. The average Bonchev–Trinajstić information content (AvgIpc) is 2.74. The zero-order valence-electron chi connectivity index (χ0n) is 11.0. The van der Waals surface area contributed by atoms with Crippen molar-refractivity contribution in [3.63, 3.8) is 0 Å². The van der Waals surface area contributed by atoms with Gasteiger partial charge >= 0.3 is 0 Å². The number of hydrogen-bond donors (Lipinski definition) is 1. The zero-order chi connectivity index (χ0) is 12.4. The van der Waals surface area contributed by atoms with Gasteiger partial charge in [0, 0.05) is 10.7 Å². The number of hydrogen-bond acceptors (Lipinski definition) is 2. The molecular weight excluding hydrogens is 226 g/mol. The summed E-state index contributed by atoms with van der Waals surface area (Å²) < 4.78 is 1.39. The highest BCUT2D eigenvalue weighted by molar-refractivity contribution is 7.17. The molecule has 0 bridgehead atoms. The summed E-state index contributed by atoms with van der Waals surface area (Å²) in [5.41, 5.74) is 1.45. The first-order valence-electron chi connectivity index (χ1n) is 6.28. The summed E-state index contributed by atoms with van der Waals surface area (Å²) in [6.07, 6.45) is 0. The lowest BCUT2D eigenvalue weighted by Crippen LogP contribution is -2.26. The molecular formula is C15H21NS. The molecule has 0 fully saturated rings. The Morgan fingerprint density at radius 3 is 2.47 bits per heavy atom. The lowest BCUT2D eigenvalue weighted by atomic mass is 9.86. The van der Waals surface area contributed by atoms with E-state index in [2.05, 4.69) is 62.8 Å². The molecule has 0 aliphatic carbocycles. The van der Waals surface area contributed by atoms with Crippen molar-refractivity contribution in [3.05, 3.63) is 35.2 Å². The van der Waals surface area contributed by atoms with E-state index in [0.29, 0.717) is 17.9 Å². The summed E-state index contributed by atoms with van der Waals surface area (Å²) in [7, 11) is 2.07.